The maximum absolute atomic E-state index is 7.02. The molecular formula is C48H28O. The van der Waals surface area contributed by atoms with Gasteiger partial charge in [-0.3, -0.25) is 0 Å². The fourth-order valence-electron chi connectivity index (χ4n) is 8.41. The lowest BCUT2D eigenvalue weighted by atomic mass is 9.87. The third-order valence-electron chi connectivity index (χ3n) is 10.6. The van der Waals surface area contributed by atoms with Gasteiger partial charge >= 0.3 is 0 Å². The van der Waals surface area contributed by atoms with E-state index < -0.39 is 0 Å². The van der Waals surface area contributed by atoms with Gasteiger partial charge in [0.1, 0.15) is 11.2 Å². The minimum Gasteiger partial charge on any atom is -0.455 e. The molecule has 1 aromatic heterocycles. The van der Waals surface area contributed by atoms with Crippen LogP contribution >= 0.6 is 0 Å². The number of furan rings is 1. The van der Waals surface area contributed by atoms with Crippen LogP contribution in [0.25, 0.3) is 109 Å². The molecule has 1 nitrogen and oxygen atoms in total. The summed E-state index contributed by atoms with van der Waals surface area (Å²) < 4.78 is 7.02. The molecule has 0 saturated carbocycles. The van der Waals surface area contributed by atoms with Crippen LogP contribution in [0.4, 0.5) is 0 Å². The second kappa shape index (κ2) is 10.0. The Bertz CT molecular complexity index is 3070. The van der Waals surface area contributed by atoms with Crippen molar-refractivity contribution in [3.63, 3.8) is 0 Å². The molecule has 0 aliphatic carbocycles. The SMILES string of the molecule is c1ccc(-c2cccc3c2ccc2c3oc3cc(-c4cccc5ccccc45)cc(-c4ccc5ccc6cccc7ccc4c5c67)c32)cc1. The van der Waals surface area contributed by atoms with Crippen LogP contribution in [-0.4, -0.2) is 0 Å². The molecule has 0 radical (unpaired) electrons. The van der Waals surface area contributed by atoms with Crippen molar-refractivity contribution in [3.8, 4) is 33.4 Å². The largest absolute Gasteiger partial charge is 0.455 e. The van der Waals surface area contributed by atoms with E-state index in [0.29, 0.717) is 0 Å². The van der Waals surface area contributed by atoms with Crippen molar-refractivity contribution in [1.29, 1.82) is 0 Å². The van der Waals surface area contributed by atoms with Gasteiger partial charge in [-0.1, -0.05) is 152 Å². The molecule has 10 aromatic carbocycles. The highest BCUT2D eigenvalue weighted by atomic mass is 16.3. The summed E-state index contributed by atoms with van der Waals surface area (Å²) in [6, 6.07) is 62.0. The minimum absolute atomic E-state index is 0.902. The highest BCUT2D eigenvalue weighted by Crippen LogP contribution is 2.47. The zero-order chi connectivity index (χ0) is 32.1. The number of hydrogen-bond donors (Lipinski definition) is 0. The molecule has 11 aromatic rings. The third kappa shape index (κ3) is 3.82. The van der Waals surface area contributed by atoms with Crippen LogP contribution in [0.3, 0.4) is 0 Å². The van der Waals surface area contributed by atoms with Crippen molar-refractivity contribution < 1.29 is 4.42 Å². The van der Waals surface area contributed by atoms with Crippen LogP contribution in [0, 0.1) is 0 Å². The van der Waals surface area contributed by atoms with E-state index in [4.69, 9.17) is 4.42 Å². The Morgan fingerprint density at radius 1 is 0.286 bits per heavy atom. The van der Waals surface area contributed by atoms with Gasteiger partial charge in [0.05, 0.1) is 0 Å². The smallest absolute Gasteiger partial charge is 0.143 e. The number of fused-ring (bicyclic) bond motifs is 6. The van der Waals surface area contributed by atoms with Gasteiger partial charge in [0.2, 0.25) is 0 Å². The number of hydrogen-bond acceptors (Lipinski definition) is 1. The Balaban J connectivity index is 1.28. The van der Waals surface area contributed by atoms with E-state index in [1.165, 1.54) is 76.3 Å². The summed E-state index contributed by atoms with van der Waals surface area (Å²) in [6.45, 7) is 0. The lowest BCUT2D eigenvalue weighted by Gasteiger charge is -2.16. The van der Waals surface area contributed by atoms with Gasteiger partial charge in [0.25, 0.3) is 0 Å². The first-order chi connectivity index (χ1) is 24.3. The van der Waals surface area contributed by atoms with Crippen LogP contribution in [0.2, 0.25) is 0 Å². The van der Waals surface area contributed by atoms with Crippen molar-refractivity contribution in [2.24, 2.45) is 0 Å². The Kier molecular flexibility index (Phi) is 5.45. The van der Waals surface area contributed by atoms with E-state index in [0.717, 1.165) is 32.9 Å². The fraction of sp³-hybridized carbons (Fsp3) is 0. The molecule has 0 fully saturated rings. The third-order valence-corrected chi connectivity index (χ3v) is 10.6. The second-order valence-electron chi connectivity index (χ2n) is 13.2. The predicted molar refractivity (Wildman–Crippen MR) is 209 cm³/mol. The lowest BCUT2D eigenvalue weighted by Crippen LogP contribution is -1.89. The van der Waals surface area contributed by atoms with E-state index in [9.17, 15) is 0 Å². The highest BCUT2D eigenvalue weighted by Gasteiger charge is 2.21. The van der Waals surface area contributed by atoms with Crippen LogP contribution < -0.4 is 0 Å². The van der Waals surface area contributed by atoms with Crippen molar-refractivity contribution in [1.82, 2.24) is 0 Å². The second-order valence-corrected chi connectivity index (χ2v) is 13.2. The Morgan fingerprint density at radius 2 is 0.898 bits per heavy atom. The maximum Gasteiger partial charge on any atom is 0.143 e. The first-order valence-corrected chi connectivity index (χ1v) is 16.9. The van der Waals surface area contributed by atoms with Crippen LogP contribution in [-0.2, 0) is 0 Å². The molecule has 226 valence electrons. The molecule has 0 N–H and O–H groups in total. The van der Waals surface area contributed by atoms with Crippen molar-refractivity contribution in [2.75, 3.05) is 0 Å². The zero-order valence-electron chi connectivity index (χ0n) is 26.6. The first kappa shape index (κ1) is 26.6. The van der Waals surface area contributed by atoms with Gasteiger partial charge < -0.3 is 4.42 Å². The van der Waals surface area contributed by atoms with Crippen LogP contribution in [0.15, 0.2) is 174 Å². The molecular weight excluding hydrogens is 593 g/mol. The molecule has 0 bridgehead atoms. The molecule has 0 atom stereocenters. The van der Waals surface area contributed by atoms with Crippen molar-refractivity contribution in [3.05, 3.63) is 170 Å². The summed E-state index contributed by atoms with van der Waals surface area (Å²) in [5, 5.41) is 14.8. The van der Waals surface area contributed by atoms with Crippen LogP contribution in [0.1, 0.15) is 0 Å². The Labute approximate surface area is 282 Å². The molecule has 0 saturated heterocycles. The molecule has 0 unspecified atom stereocenters. The molecule has 49 heavy (non-hydrogen) atoms. The summed E-state index contributed by atoms with van der Waals surface area (Å²) in [5.41, 5.74) is 9.02. The summed E-state index contributed by atoms with van der Waals surface area (Å²) in [4.78, 5) is 0. The highest BCUT2D eigenvalue weighted by molar-refractivity contribution is 6.28. The molecule has 0 aliphatic rings. The van der Waals surface area contributed by atoms with Gasteiger partial charge in [-0.05, 0) is 100 Å². The normalized spacial score (nSPS) is 12.1. The van der Waals surface area contributed by atoms with Gasteiger partial charge in [0, 0.05) is 16.2 Å². The van der Waals surface area contributed by atoms with Crippen LogP contribution in [0.5, 0.6) is 0 Å². The standard InChI is InChI=1S/C48H28O/c1-2-9-29(10-3-1)36-17-8-18-41-38(36)25-26-42-47-43(39-23-21-33-20-19-31-13-6-14-32-22-24-40(39)46(33)45(31)32)27-34(28-44(47)49-48(41)42)37-16-7-12-30-11-4-5-15-35(30)37/h1-28H. The Morgan fingerprint density at radius 3 is 1.78 bits per heavy atom. The van der Waals surface area contributed by atoms with Crippen molar-refractivity contribution in [2.45, 2.75) is 0 Å². The molecule has 1 heteroatoms. The van der Waals surface area contributed by atoms with E-state index in [1.54, 1.807) is 0 Å². The monoisotopic (exact) mass is 620 g/mol. The summed E-state index contributed by atoms with van der Waals surface area (Å²) in [6.07, 6.45) is 0. The lowest BCUT2D eigenvalue weighted by molar-refractivity contribution is 0.673. The van der Waals surface area contributed by atoms with Crippen molar-refractivity contribution >= 4 is 75.8 Å². The van der Waals surface area contributed by atoms with Gasteiger partial charge in [0.15, 0.2) is 0 Å². The average Bonchev–Trinajstić information content (AvgIpc) is 3.56. The average molecular weight is 621 g/mol. The van der Waals surface area contributed by atoms with Gasteiger partial charge in [-0.15, -0.1) is 0 Å². The van der Waals surface area contributed by atoms with E-state index in [2.05, 4.69) is 170 Å². The fourth-order valence-corrected chi connectivity index (χ4v) is 8.41. The molecule has 0 amide bonds. The van der Waals surface area contributed by atoms with Gasteiger partial charge in [-0.2, -0.15) is 0 Å². The molecule has 1 heterocycles. The number of rotatable bonds is 3. The Hall–Kier alpha value is -6.44. The number of benzene rings is 10. The first-order valence-electron chi connectivity index (χ1n) is 16.9. The van der Waals surface area contributed by atoms with Gasteiger partial charge in [-0.25, -0.2) is 0 Å². The predicted octanol–water partition coefficient (Wildman–Crippen LogP) is 13.8. The molecule has 0 spiro atoms. The quantitative estimate of drug-likeness (QED) is 0.179. The topological polar surface area (TPSA) is 13.1 Å². The summed E-state index contributed by atoms with van der Waals surface area (Å²) in [5.74, 6) is 0. The molecule has 11 rings (SSSR count). The zero-order valence-corrected chi connectivity index (χ0v) is 26.6. The maximum atomic E-state index is 7.02. The van der Waals surface area contributed by atoms with E-state index >= 15 is 0 Å². The summed E-state index contributed by atoms with van der Waals surface area (Å²) >= 11 is 0. The summed E-state index contributed by atoms with van der Waals surface area (Å²) in [7, 11) is 0. The minimum atomic E-state index is 0.902. The molecule has 0 aliphatic heterocycles. The van der Waals surface area contributed by atoms with E-state index in [-0.39, 0.29) is 0 Å². The van der Waals surface area contributed by atoms with E-state index in [1.807, 2.05) is 0 Å².